The van der Waals surface area contributed by atoms with Crippen molar-refractivity contribution in [1.29, 1.82) is 0 Å². The van der Waals surface area contributed by atoms with Crippen LogP contribution in [0.15, 0.2) is 18.2 Å². The van der Waals surface area contributed by atoms with E-state index in [1.807, 2.05) is 13.0 Å². The average molecular weight is 279 g/mol. The van der Waals surface area contributed by atoms with E-state index in [-0.39, 0.29) is 11.9 Å². The van der Waals surface area contributed by atoms with Crippen LogP contribution in [0.5, 0.6) is 0 Å². The second-order valence-corrected chi connectivity index (χ2v) is 6.06. The van der Waals surface area contributed by atoms with Crippen molar-refractivity contribution in [3.8, 4) is 0 Å². The Balaban J connectivity index is 2.20. The molecule has 1 saturated heterocycles. The molecule has 0 aliphatic carbocycles. The molecule has 1 heterocycles. The first-order valence-corrected chi connectivity index (χ1v) is 7.43. The molecule has 1 fully saturated rings. The van der Waals surface area contributed by atoms with Gasteiger partial charge in [0.15, 0.2) is 0 Å². The third kappa shape index (κ3) is 3.49. The highest BCUT2D eigenvalue weighted by atomic mass is 19.1. The third-order valence-electron chi connectivity index (χ3n) is 4.24. The van der Waals surface area contributed by atoms with Gasteiger partial charge in [0, 0.05) is 30.4 Å². The zero-order valence-electron chi connectivity index (χ0n) is 12.8. The predicted octanol–water partition coefficient (Wildman–Crippen LogP) is 2.25. The van der Waals surface area contributed by atoms with Gasteiger partial charge in [-0.3, -0.25) is 0 Å². The first-order valence-electron chi connectivity index (χ1n) is 7.43. The van der Waals surface area contributed by atoms with Crippen LogP contribution in [0.1, 0.15) is 25.3 Å². The van der Waals surface area contributed by atoms with Gasteiger partial charge in [0.25, 0.3) is 0 Å². The van der Waals surface area contributed by atoms with Crippen molar-refractivity contribution in [3.63, 3.8) is 0 Å². The number of nitrogens with two attached hydrogens (primary N) is 1. The van der Waals surface area contributed by atoms with Crippen molar-refractivity contribution in [1.82, 2.24) is 4.90 Å². The van der Waals surface area contributed by atoms with Gasteiger partial charge in [-0.25, -0.2) is 4.39 Å². The first-order chi connectivity index (χ1) is 9.49. The maximum atomic E-state index is 14.1. The number of benzene rings is 1. The molecular weight excluding hydrogens is 253 g/mol. The lowest BCUT2D eigenvalue weighted by atomic mass is 9.99. The minimum Gasteiger partial charge on any atom is -0.371 e. The van der Waals surface area contributed by atoms with Crippen LogP contribution < -0.4 is 10.6 Å². The molecule has 112 valence electrons. The molecule has 0 spiro atoms. The number of piperidine rings is 1. The van der Waals surface area contributed by atoms with Crippen LogP contribution in [0.2, 0.25) is 0 Å². The van der Waals surface area contributed by atoms with Gasteiger partial charge in [-0.15, -0.1) is 0 Å². The fourth-order valence-corrected chi connectivity index (χ4v) is 2.98. The molecule has 2 rings (SSSR count). The Hall–Kier alpha value is -1.13. The fraction of sp³-hybridized carbons (Fsp3) is 0.625. The fourth-order valence-electron chi connectivity index (χ4n) is 2.98. The highest BCUT2D eigenvalue weighted by Gasteiger charge is 2.23. The smallest absolute Gasteiger partial charge is 0.128 e. The Labute approximate surface area is 121 Å². The Morgan fingerprint density at radius 1 is 1.40 bits per heavy atom. The molecule has 1 unspecified atom stereocenters. The minimum absolute atomic E-state index is 0.0310. The highest BCUT2D eigenvalue weighted by Crippen LogP contribution is 2.28. The average Bonchev–Trinajstić information content (AvgIpc) is 2.41. The summed E-state index contributed by atoms with van der Waals surface area (Å²) >= 11 is 0. The molecule has 0 radical (unpaired) electrons. The van der Waals surface area contributed by atoms with Crippen LogP contribution in [0.3, 0.4) is 0 Å². The first kappa shape index (κ1) is 15.3. The lowest BCUT2D eigenvalue weighted by molar-refractivity contribution is 0.252. The number of likely N-dealkylation sites (tertiary alicyclic amines) is 1. The molecule has 4 heteroatoms. The molecule has 0 bridgehead atoms. The van der Waals surface area contributed by atoms with Gasteiger partial charge in [0.2, 0.25) is 0 Å². The summed E-state index contributed by atoms with van der Waals surface area (Å²) in [4.78, 5) is 4.59. The summed E-state index contributed by atoms with van der Waals surface area (Å²) in [5, 5.41) is 0. The second kappa shape index (κ2) is 6.55. The predicted molar refractivity (Wildman–Crippen MR) is 82.7 cm³/mol. The molecule has 0 amide bonds. The van der Waals surface area contributed by atoms with E-state index < -0.39 is 0 Å². The lowest BCUT2D eigenvalue weighted by Crippen LogP contribution is -2.42. The number of hydrogen-bond donors (Lipinski definition) is 1. The summed E-state index contributed by atoms with van der Waals surface area (Å²) in [5.41, 5.74) is 7.62. The summed E-state index contributed by atoms with van der Waals surface area (Å²) in [5.74, 6) is -0.139. The maximum absolute atomic E-state index is 14.1. The zero-order valence-corrected chi connectivity index (χ0v) is 12.8. The van der Waals surface area contributed by atoms with E-state index >= 15 is 0 Å². The van der Waals surface area contributed by atoms with Gasteiger partial charge in [-0.05, 0) is 58.5 Å². The van der Waals surface area contributed by atoms with Crippen molar-refractivity contribution in [3.05, 3.63) is 29.6 Å². The molecular formula is C16H26FN3. The Bertz CT molecular complexity index is 439. The Morgan fingerprint density at radius 3 is 2.65 bits per heavy atom. The van der Waals surface area contributed by atoms with E-state index in [4.69, 9.17) is 5.73 Å². The molecule has 1 aliphatic rings. The Kier molecular flexibility index (Phi) is 5.00. The lowest BCUT2D eigenvalue weighted by Gasteiger charge is -2.37. The van der Waals surface area contributed by atoms with E-state index in [2.05, 4.69) is 23.9 Å². The summed E-state index contributed by atoms with van der Waals surface area (Å²) < 4.78 is 14.1. The van der Waals surface area contributed by atoms with E-state index in [9.17, 15) is 4.39 Å². The third-order valence-corrected chi connectivity index (χ3v) is 4.24. The molecule has 1 aromatic carbocycles. The zero-order chi connectivity index (χ0) is 14.7. The van der Waals surface area contributed by atoms with Crippen LogP contribution in [0, 0.1) is 5.82 Å². The van der Waals surface area contributed by atoms with Gasteiger partial charge in [-0.1, -0.05) is 6.07 Å². The van der Waals surface area contributed by atoms with Crippen molar-refractivity contribution in [2.24, 2.45) is 5.73 Å². The number of hydrogen-bond acceptors (Lipinski definition) is 3. The van der Waals surface area contributed by atoms with Crippen molar-refractivity contribution < 1.29 is 4.39 Å². The van der Waals surface area contributed by atoms with Crippen LogP contribution >= 0.6 is 0 Å². The quantitative estimate of drug-likeness (QED) is 0.917. The molecule has 1 atom stereocenters. The molecule has 2 N–H and O–H groups in total. The van der Waals surface area contributed by atoms with Gasteiger partial charge < -0.3 is 15.5 Å². The minimum atomic E-state index is -0.139. The van der Waals surface area contributed by atoms with E-state index in [1.165, 1.54) is 6.07 Å². The Morgan fingerprint density at radius 2 is 2.05 bits per heavy atom. The van der Waals surface area contributed by atoms with Gasteiger partial charge in [-0.2, -0.15) is 0 Å². The van der Waals surface area contributed by atoms with Gasteiger partial charge in [0.05, 0.1) is 0 Å². The van der Waals surface area contributed by atoms with Crippen LogP contribution in [0.4, 0.5) is 10.1 Å². The number of nitrogens with zero attached hydrogens (tertiary/aromatic N) is 2. The standard InChI is InChI=1S/C16H26FN3/c1-12(18)11-14-15(17)5-4-6-16(14)20(3)13-7-9-19(2)10-8-13/h4-6,12-13H,7-11,18H2,1-3H3. The maximum Gasteiger partial charge on any atom is 0.128 e. The number of anilines is 1. The SMILES string of the molecule is CC(N)Cc1c(F)cccc1N(C)C1CCN(C)CC1. The molecule has 1 aromatic rings. The normalized spacial score (nSPS) is 19.1. The monoisotopic (exact) mass is 279 g/mol. The summed E-state index contributed by atoms with van der Waals surface area (Å²) in [7, 11) is 4.23. The van der Waals surface area contributed by atoms with Crippen LogP contribution in [0.25, 0.3) is 0 Å². The summed E-state index contributed by atoms with van der Waals surface area (Å²) in [6, 6.07) is 5.79. The van der Waals surface area contributed by atoms with Crippen molar-refractivity contribution in [2.75, 3.05) is 32.1 Å². The second-order valence-electron chi connectivity index (χ2n) is 6.06. The van der Waals surface area contributed by atoms with Gasteiger partial charge >= 0.3 is 0 Å². The molecule has 3 nitrogen and oxygen atoms in total. The van der Waals surface area contributed by atoms with Crippen LogP contribution in [-0.4, -0.2) is 44.2 Å². The van der Waals surface area contributed by atoms with Crippen molar-refractivity contribution in [2.45, 2.75) is 38.3 Å². The summed E-state index contributed by atoms with van der Waals surface area (Å²) in [6.07, 6.45) is 2.83. The summed E-state index contributed by atoms with van der Waals surface area (Å²) in [6.45, 7) is 4.13. The van der Waals surface area contributed by atoms with E-state index in [1.54, 1.807) is 6.07 Å². The molecule has 0 saturated carbocycles. The largest absolute Gasteiger partial charge is 0.371 e. The van der Waals surface area contributed by atoms with Gasteiger partial charge in [0.1, 0.15) is 5.82 Å². The number of rotatable bonds is 4. The molecule has 1 aliphatic heterocycles. The van der Waals surface area contributed by atoms with Crippen LogP contribution in [-0.2, 0) is 6.42 Å². The topological polar surface area (TPSA) is 32.5 Å². The van der Waals surface area contributed by atoms with E-state index in [0.29, 0.717) is 12.5 Å². The number of halogens is 1. The van der Waals surface area contributed by atoms with E-state index in [0.717, 1.165) is 37.2 Å². The molecule has 20 heavy (non-hydrogen) atoms. The molecule has 0 aromatic heterocycles. The highest BCUT2D eigenvalue weighted by molar-refractivity contribution is 5.55. The van der Waals surface area contributed by atoms with Crippen molar-refractivity contribution >= 4 is 5.69 Å².